The van der Waals surface area contributed by atoms with Crippen molar-refractivity contribution in [2.45, 2.75) is 38.5 Å². The summed E-state index contributed by atoms with van der Waals surface area (Å²) in [6.07, 6.45) is 4.57. The summed E-state index contributed by atoms with van der Waals surface area (Å²) in [5, 5.41) is 26.9. The topological polar surface area (TPSA) is 128 Å². The first-order chi connectivity index (χ1) is 18.6. The standard InChI is InChI=1S/C30H33N3O6/c1-5-20-10-12-22(13-11-20)26(27(36)31-24-15-14-21-8-6-7-9-23(21)18-24)33(16-17-34)28(37)25(19-35)32-29(38)39-30(2,3)4/h1,6-15,18,25-26,34-35H,16-17,19H2,2-4H3,(H,31,36)(H,32,38). The first-order valence-corrected chi connectivity index (χ1v) is 12.4. The van der Waals surface area contributed by atoms with Crippen LogP contribution in [0.1, 0.15) is 37.9 Å². The molecule has 4 N–H and O–H groups in total. The molecule has 204 valence electrons. The zero-order chi connectivity index (χ0) is 28.6. The van der Waals surface area contributed by atoms with E-state index in [0.29, 0.717) is 16.8 Å². The number of terminal acetylenes is 1. The Hall–Kier alpha value is -4.39. The predicted octanol–water partition coefficient (Wildman–Crippen LogP) is 3.21. The fraction of sp³-hybridized carbons (Fsp3) is 0.300. The molecule has 0 radical (unpaired) electrons. The van der Waals surface area contributed by atoms with Crippen LogP contribution in [0.4, 0.5) is 10.5 Å². The average molecular weight is 532 g/mol. The number of amides is 3. The summed E-state index contributed by atoms with van der Waals surface area (Å²) in [6.45, 7) is 3.50. The van der Waals surface area contributed by atoms with E-state index in [1.165, 1.54) is 0 Å². The molecule has 0 aromatic heterocycles. The molecule has 3 rings (SSSR count). The van der Waals surface area contributed by atoms with E-state index in [1.807, 2.05) is 36.4 Å². The first-order valence-electron chi connectivity index (χ1n) is 12.4. The zero-order valence-corrected chi connectivity index (χ0v) is 22.2. The van der Waals surface area contributed by atoms with Gasteiger partial charge in [-0.05, 0) is 61.4 Å². The number of nitrogens with zero attached hydrogens (tertiary/aromatic N) is 1. The van der Waals surface area contributed by atoms with Crippen molar-refractivity contribution in [1.82, 2.24) is 10.2 Å². The summed E-state index contributed by atoms with van der Waals surface area (Å²) in [6, 6.07) is 16.9. The van der Waals surface area contributed by atoms with Crippen molar-refractivity contribution in [3.63, 3.8) is 0 Å². The molecule has 3 aromatic rings. The summed E-state index contributed by atoms with van der Waals surface area (Å²) in [5.74, 6) is 1.17. The Morgan fingerprint density at radius 2 is 1.67 bits per heavy atom. The van der Waals surface area contributed by atoms with Crippen LogP contribution < -0.4 is 10.6 Å². The second kappa shape index (κ2) is 12.9. The van der Waals surface area contributed by atoms with Crippen molar-refractivity contribution >= 4 is 34.4 Å². The predicted molar refractivity (Wildman–Crippen MR) is 149 cm³/mol. The summed E-state index contributed by atoms with van der Waals surface area (Å²) in [5.41, 5.74) is 0.667. The molecule has 2 atom stereocenters. The maximum atomic E-state index is 13.7. The number of nitrogens with one attached hydrogen (secondary N) is 2. The molecule has 0 fully saturated rings. The van der Waals surface area contributed by atoms with Gasteiger partial charge in [0.05, 0.1) is 13.2 Å². The van der Waals surface area contributed by atoms with E-state index < -0.39 is 48.8 Å². The van der Waals surface area contributed by atoms with Gasteiger partial charge in [0, 0.05) is 17.8 Å². The maximum absolute atomic E-state index is 13.7. The average Bonchev–Trinajstić information content (AvgIpc) is 2.90. The van der Waals surface area contributed by atoms with Crippen LogP contribution in [0.3, 0.4) is 0 Å². The fourth-order valence-corrected chi connectivity index (χ4v) is 4.02. The number of anilines is 1. The Bertz CT molecular complexity index is 1360. The summed E-state index contributed by atoms with van der Waals surface area (Å²) < 4.78 is 5.21. The number of fused-ring (bicyclic) bond motifs is 1. The van der Waals surface area contributed by atoms with E-state index in [2.05, 4.69) is 16.6 Å². The van der Waals surface area contributed by atoms with E-state index in [9.17, 15) is 24.6 Å². The molecule has 2 unspecified atom stereocenters. The van der Waals surface area contributed by atoms with E-state index in [0.717, 1.165) is 15.7 Å². The molecule has 9 nitrogen and oxygen atoms in total. The second-order valence-corrected chi connectivity index (χ2v) is 9.86. The van der Waals surface area contributed by atoms with Gasteiger partial charge in [-0.15, -0.1) is 6.42 Å². The Morgan fingerprint density at radius 3 is 2.26 bits per heavy atom. The number of hydrogen-bond acceptors (Lipinski definition) is 6. The lowest BCUT2D eigenvalue weighted by Gasteiger charge is -2.33. The second-order valence-electron chi connectivity index (χ2n) is 9.86. The monoisotopic (exact) mass is 531 g/mol. The van der Waals surface area contributed by atoms with Crippen LogP contribution in [0.15, 0.2) is 66.7 Å². The van der Waals surface area contributed by atoms with Gasteiger partial charge >= 0.3 is 6.09 Å². The molecule has 3 amide bonds. The number of aliphatic hydroxyl groups is 2. The van der Waals surface area contributed by atoms with Crippen molar-refractivity contribution in [2.75, 3.05) is 25.1 Å². The number of aliphatic hydroxyl groups excluding tert-OH is 2. The number of carbonyl (C=O) groups excluding carboxylic acids is 3. The lowest BCUT2D eigenvalue weighted by Crippen LogP contribution is -2.54. The lowest BCUT2D eigenvalue weighted by atomic mass is 10.0. The number of hydrogen-bond donors (Lipinski definition) is 4. The molecule has 0 saturated heterocycles. The maximum Gasteiger partial charge on any atom is 0.408 e. The summed E-state index contributed by atoms with van der Waals surface area (Å²) in [4.78, 5) is 40.8. The fourth-order valence-electron chi connectivity index (χ4n) is 4.02. The molecule has 3 aromatic carbocycles. The Morgan fingerprint density at radius 1 is 1.00 bits per heavy atom. The van der Waals surface area contributed by atoms with Crippen molar-refractivity contribution in [3.05, 3.63) is 77.9 Å². The number of alkyl carbamates (subject to hydrolysis) is 1. The van der Waals surface area contributed by atoms with Gasteiger partial charge < -0.3 is 30.5 Å². The number of rotatable bonds is 9. The van der Waals surface area contributed by atoms with Crippen LogP contribution in [0, 0.1) is 12.3 Å². The Balaban J connectivity index is 1.97. The van der Waals surface area contributed by atoms with Crippen LogP contribution in [0.25, 0.3) is 10.8 Å². The van der Waals surface area contributed by atoms with E-state index >= 15 is 0 Å². The molecule has 0 aliphatic rings. The van der Waals surface area contributed by atoms with Gasteiger partial charge in [-0.1, -0.05) is 48.4 Å². The van der Waals surface area contributed by atoms with Gasteiger partial charge in [0.15, 0.2) is 0 Å². The highest BCUT2D eigenvalue weighted by Crippen LogP contribution is 2.26. The Labute approximate surface area is 227 Å². The van der Waals surface area contributed by atoms with Crippen LogP contribution in [0.5, 0.6) is 0 Å². The highest BCUT2D eigenvalue weighted by Gasteiger charge is 2.36. The van der Waals surface area contributed by atoms with Crippen molar-refractivity contribution < 1.29 is 29.3 Å². The quantitative estimate of drug-likeness (QED) is 0.314. The van der Waals surface area contributed by atoms with Gasteiger partial charge in [0.2, 0.25) is 5.91 Å². The molecule has 39 heavy (non-hydrogen) atoms. The molecule has 0 saturated carbocycles. The third-order valence-electron chi connectivity index (χ3n) is 5.77. The Kier molecular flexibility index (Phi) is 9.66. The van der Waals surface area contributed by atoms with Crippen molar-refractivity contribution in [2.24, 2.45) is 0 Å². The van der Waals surface area contributed by atoms with Crippen molar-refractivity contribution in [1.29, 1.82) is 0 Å². The minimum absolute atomic E-state index is 0.252. The van der Waals surface area contributed by atoms with Crippen molar-refractivity contribution in [3.8, 4) is 12.3 Å². The van der Waals surface area contributed by atoms with Crippen LogP contribution in [-0.4, -0.2) is 64.4 Å². The van der Waals surface area contributed by atoms with Crippen LogP contribution >= 0.6 is 0 Å². The van der Waals surface area contributed by atoms with Gasteiger partial charge in [-0.2, -0.15) is 0 Å². The van der Waals surface area contributed by atoms with Gasteiger partial charge in [-0.25, -0.2) is 4.79 Å². The molecule has 9 heteroatoms. The van der Waals surface area contributed by atoms with Crippen LogP contribution in [-0.2, 0) is 14.3 Å². The molecule has 0 spiro atoms. The third kappa shape index (κ3) is 7.80. The minimum Gasteiger partial charge on any atom is -0.444 e. The smallest absolute Gasteiger partial charge is 0.408 e. The van der Waals surface area contributed by atoms with Gasteiger partial charge in [0.25, 0.3) is 5.91 Å². The normalized spacial score (nSPS) is 12.6. The molecular weight excluding hydrogens is 498 g/mol. The number of benzene rings is 3. The highest BCUT2D eigenvalue weighted by molar-refractivity contribution is 6.00. The molecule has 0 aliphatic carbocycles. The molecule has 0 heterocycles. The number of ether oxygens (including phenoxy) is 1. The van der Waals surface area contributed by atoms with E-state index in [-0.39, 0.29) is 6.54 Å². The molecule has 0 bridgehead atoms. The van der Waals surface area contributed by atoms with E-state index in [1.54, 1.807) is 51.1 Å². The molecular formula is C30H33N3O6. The third-order valence-corrected chi connectivity index (χ3v) is 5.77. The van der Waals surface area contributed by atoms with Gasteiger partial charge in [-0.3, -0.25) is 9.59 Å². The summed E-state index contributed by atoms with van der Waals surface area (Å²) >= 11 is 0. The lowest BCUT2D eigenvalue weighted by molar-refractivity contribution is -0.142. The highest BCUT2D eigenvalue weighted by atomic mass is 16.6. The van der Waals surface area contributed by atoms with Crippen LogP contribution in [0.2, 0.25) is 0 Å². The SMILES string of the molecule is C#Cc1ccc(C(C(=O)Nc2ccc3ccccc3c2)N(CCO)C(=O)C(CO)NC(=O)OC(C)(C)C)cc1. The largest absolute Gasteiger partial charge is 0.444 e. The summed E-state index contributed by atoms with van der Waals surface area (Å²) in [7, 11) is 0. The van der Waals surface area contributed by atoms with E-state index in [4.69, 9.17) is 11.2 Å². The van der Waals surface area contributed by atoms with Gasteiger partial charge in [0.1, 0.15) is 17.7 Å². The zero-order valence-electron chi connectivity index (χ0n) is 22.2. The number of carbonyl (C=O) groups is 3. The first kappa shape index (κ1) is 29.2. The molecule has 0 aliphatic heterocycles. The minimum atomic E-state index is -1.42.